The molecule has 0 aliphatic carbocycles. The van der Waals surface area contributed by atoms with Crippen molar-refractivity contribution < 1.29 is 9.13 Å². The molecule has 3 heteroatoms. The Bertz CT molecular complexity index is 350. The third kappa shape index (κ3) is 3.51. The van der Waals surface area contributed by atoms with Crippen molar-refractivity contribution in [2.45, 2.75) is 25.3 Å². The van der Waals surface area contributed by atoms with E-state index in [9.17, 15) is 4.39 Å². The zero-order valence-electron chi connectivity index (χ0n) is 10.3. The van der Waals surface area contributed by atoms with Crippen LogP contribution in [0, 0.1) is 11.7 Å². The maximum Gasteiger partial charge on any atom is 0.123 e. The summed E-state index contributed by atoms with van der Waals surface area (Å²) in [4.78, 5) is 0. The summed E-state index contributed by atoms with van der Waals surface area (Å²) in [5.41, 5.74) is 1.07. The average Bonchev–Trinajstić information content (AvgIpc) is 2.37. The van der Waals surface area contributed by atoms with Crippen LogP contribution in [0.2, 0.25) is 0 Å². The Morgan fingerprint density at radius 1 is 1.41 bits per heavy atom. The second kappa shape index (κ2) is 6.12. The van der Waals surface area contributed by atoms with E-state index in [4.69, 9.17) is 4.74 Å². The van der Waals surface area contributed by atoms with E-state index in [1.54, 1.807) is 12.1 Å². The maximum absolute atomic E-state index is 13.1. The molecule has 1 aromatic rings. The van der Waals surface area contributed by atoms with E-state index in [0.717, 1.165) is 38.0 Å². The van der Waals surface area contributed by atoms with Gasteiger partial charge >= 0.3 is 0 Å². The van der Waals surface area contributed by atoms with Gasteiger partial charge in [-0.15, -0.1) is 0 Å². The molecular weight excluding hydrogens is 217 g/mol. The summed E-state index contributed by atoms with van der Waals surface area (Å²) in [5, 5.41) is 3.36. The molecule has 1 unspecified atom stereocenters. The van der Waals surface area contributed by atoms with Crippen LogP contribution >= 0.6 is 0 Å². The molecule has 17 heavy (non-hydrogen) atoms. The third-order valence-corrected chi connectivity index (χ3v) is 3.55. The van der Waals surface area contributed by atoms with Gasteiger partial charge in [-0.1, -0.05) is 12.1 Å². The van der Waals surface area contributed by atoms with Gasteiger partial charge in [-0.3, -0.25) is 0 Å². The van der Waals surface area contributed by atoms with E-state index in [1.165, 1.54) is 6.07 Å². The van der Waals surface area contributed by atoms with Crippen molar-refractivity contribution in [3.63, 3.8) is 0 Å². The smallest absolute Gasteiger partial charge is 0.123 e. The molecule has 0 amide bonds. The van der Waals surface area contributed by atoms with Gasteiger partial charge in [-0.05, 0) is 49.9 Å². The SMILES string of the molecule is CNC(Cc1cccc(F)c1)C1CCOCC1. The first-order valence-corrected chi connectivity index (χ1v) is 6.29. The van der Waals surface area contributed by atoms with Crippen LogP contribution in [-0.4, -0.2) is 26.3 Å². The summed E-state index contributed by atoms with van der Waals surface area (Å²) in [6, 6.07) is 7.31. The molecule has 0 bridgehead atoms. The van der Waals surface area contributed by atoms with E-state index < -0.39 is 0 Å². The minimum Gasteiger partial charge on any atom is -0.381 e. The summed E-state index contributed by atoms with van der Waals surface area (Å²) in [5.74, 6) is 0.487. The molecule has 94 valence electrons. The number of nitrogens with one attached hydrogen (secondary N) is 1. The molecule has 1 aliphatic heterocycles. The molecule has 0 aromatic heterocycles. The molecular formula is C14H20FNO. The fourth-order valence-corrected chi connectivity index (χ4v) is 2.54. The molecule has 2 rings (SSSR count). The van der Waals surface area contributed by atoms with Crippen molar-refractivity contribution in [1.29, 1.82) is 0 Å². The van der Waals surface area contributed by atoms with Crippen molar-refractivity contribution >= 4 is 0 Å². The van der Waals surface area contributed by atoms with Crippen molar-refractivity contribution in [3.05, 3.63) is 35.6 Å². The van der Waals surface area contributed by atoms with Gasteiger partial charge in [0.15, 0.2) is 0 Å². The molecule has 0 saturated carbocycles. The normalized spacial score (nSPS) is 19.2. The van der Waals surface area contributed by atoms with E-state index >= 15 is 0 Å². The highest BCUT2D eigenvalue weighted by Gasteiger charge is 2.22. The summed E-state index contributed by atoms with van der Waals surface area (Å²) < 4.78 is 18.5. The highest BCUT2D eigenvalue weighted by atomic mass is 19.1. The number of ether oxygens (including phenoxy) is 1. The average molecular weight is 237 g/mol. The van der Waals surface area contributed by atoms with Crippen LogP contribution in [-0.2, 0) is 11.2 Å². The van der Waals surface area contributed by atoms with Crippen LogP contribution in [0.4, 0.5) is 4.39 Å². The Morgan fingerprint density at radius 3 is 2.82 bits per heavy atom. The van der Waals surface area contributed by atoms with Gasteiger partial charge in [0.05, 0.1) is 0 Å². The zero-order valence-corrected chi connectivity index (χ0v) is 10.3. The minimum atomic E-state index is -0.149. The van der Waals surface area contributed by atoms with Crippen molar-refractivity contribution in [2.24, 2.45) is 5.92 Å². The predicted octanol–water partition coefficient (Wildman–Crippen LogP) is 2.38. The molecule has 1 heterocycles. The van der Waals surface area contributed by atoms with Crippen molar-refractivity contribution in [3.8, 4) is 0 Å². The molecule has 1 atom stereocenters. The van der Waals surface area contributed by atoms with Crippen LogP contribution < -0.4 is 5.32 Å². The number of benzene rings is 1. The molecule has 1 fully saturated rings. The molecule has 1 aromatic carbocycles. The quantitative estimate of drug-likeness (QED) is 0.868. The van der Waals surface area contributed by atoms with Gasteiger partial charge in [0.1, 0.15) is 5.82 Å². The fraction of sp³-hybridized carbons (Fsp3) is 0.571. The lowest BCUT2D eigenvalue weighted by Gasteiger charge is -2.30. The van der Waals surface area contributed by atoms with Gasteiger partial charge in [-0.2, -0.15) is 0 Å². The molecule has 0 radical (unpaired) electrons. The number of likely N-dealkylation sites (N-methyl/N-ethyl adjacent to an activating group) is 1. The maximum atomic E-state index is 13.1. The Labute approximate surface area is 102 Å². The largest absolute Gasteiger partial charge is 0.381 e. The number of hydrogen-bond acceptors (Lipinski definition) is 2. The zero-order chi connectivity index (χ0) is 12.1. The first-order valence-electron chi connectivity index (χ1n) is 6.29. The highest BCUT2D eigenvalue weighted by Crippen LogP contribution is 2.21. The number of rotatable bonds is 4. The summed E-state index contributed by atoms with van der Waals surface area (Å²) in [7, 11) is 1.99. The standard InChI is InChI=1S/C14H20FNO/c1-16-14(12-5-7-17-8-6-12)10-11-3-2-4-13(15)9-11/h2-4,9,12,14,16H,5-8,10H2,1H3. The Hall–Kier alpha value is -0.930. The Kier molecular flexibility index (Phi) is 4.51. The Morgan fingerprint density at radius 2 is 2.18 bits per heavy atom. The van der Waals surface area contributed by atoms with Gasteiger partial charge in [0.2, 0.25) is 0 Å². The van der Waals surface area contributed by atoms with Gasteiger partial charge in [0.25, 0.3) is 0 Å². The molecule has 1 aliphatic rings. The van der Waals surface area contributed by atoms with Crippen LogP contribution in [0.3, 0.4) is 0 Å². The highest BCUT2D eigenvalue weighted by molar-refractivity contribution is 5.17. The van der Waals surface area contributed by atoms with Gasteiger partial charge in [0, 0.05) is 19.3 Å². The monoisotopic (exact) mass is 237 g/mol. The van der Waals surface area contributed by atoms with Gasteiger partial charge < -0.3 is 10.1 Å². The lowest BCUT2D eigenvalue weighted by Crippen LogP contribution is -2.38. The number of hydrogen-bond donors (Lipinski definition) is 1. The Balaban J connectivity index is 1.98. The summed E-state index contributed by atoms with van der Waals surface area (Å²) >= 11 is 0. The van der Waals surface area contributed by atoms with E-state index in [2.05, 4.69) is 5.32 Å². The summed E-state index contributed by atoms with van der Waals surface area (Å²) in [6.07, 6.45) is 3.08. The topological polar surface area (TPSA) is 21.3 Å². The molecule has 1 N–H and O–H groups in total. The lowest BCUT2D eigenvalue weighted by molar-refractivity contribution is 0.0547. The van der Waals surface area contributed by atoms with Gasteiger partial charge in [-0.25, -0.2) is 4.39 Å². The molecule has 0 spiro atoms. The third-order valence-electron chi connectivity index (χ3n) is 3.55. The van der Waals surface area contributed by atoms with Crippen LogP contribution in [0.5, 0.6) is 0 Å². The molecule has 1 saturated heterocycles. The van der Waals surface area contributed by atoms with E-state index in [1.807, 2.05) is 13.1 Å². The second-order valence-electron chi connectivity index (χ2n) is 4.68. The van der Waals surface area contributed by atoms with Crippen LogP contribution in [0.25, 0.3) is 0 Å². The second-order valence-corrected chi connectivity index (χ2v) is 4.68. The van der Waals surface area contributed by atoms with E-state index in [0.29, 0.717) is 12.0 Å². The lowest BCUT2D eigenvalue weighted by atomic mass is 9.88. The molecule has 2 nitrogen and oxygen atoms in total. The van der Waals surface area contributed by atoms with Crippen LogP contribution in [0.15, 0.2) is 24.3 Å². The first-order chi connectivity index (χ1) is 8.29. The first kappa shape index (κ1) is 12.5. The fourth-order valence-electron chi connectivity index (χ4n) is 2.54. The van der Waals surface area contributed by atoms with Crippen molar-refractivity contribution in [1.82, 2.24) is 5.32 Å². The van der Waals surface area contributed by atoms with Crippen molar-refractivity contribution in [2.75, 3.05) is 20.3 Å². The summed E-state index contributed by atoms with van der Waals surface area (Å²) in [6.45, 7) is 1.71. The minimum absolute atomic E-state index is 0.149. The predicted molar refractivity (Wildman–Crippen MR) is 66.5 cm³/mol. The van der Waals surface area contributed by atoms with Crippen LogP contribution in [0.1, 0.15) is 18.4 Å². The number of halogens is 1. The van der Waals surface area contributed by atoms with E-state index in [-0.39, 0.29) is 5.82 Å².